The van der Waals surface area contributed by atoms with Crippen molar-refractivity contribution in [2.75, 3.05) is 0 Å². The molecule has 0 spiro atoms. The maximum atomic E-state index is 11.6. The highest BCUT2D eigenvalue weighted by molar-refractivity contribution is 6.03. The van der Waals surface area contributed by atoms with E-state index in [1.165, 1.54) is 11.8 Å². The first-order valence-electron chi connectivity index (χ1n) is 5.48. The molecule has 96 valence electrons. The van der Waals surface area contributed by atoms with Crippen LogP contribution in [0.25, 0.3) is 0 Å². The minimum atomic E-state index is -1.79. The third-order valence-electron chi connectivity index (χ3n) is 3.61. The fourth-order valence-electron chi connectivity index (χ4n) is 2.49. The molecule has 0 aliphatic carbocycles. The predicted octanol–water partition coefficient (Wildman–Crippen LogP) is -1.42. The Morgan fingerprint density at radius 1 is 1.28 bits per heavy atom. The molecule has 8 heteroatoms. The van der Waals surface area contributed by atoms with Crippen molar-refractivity contribution in [3.63, 3.8) is 0 Å². The number of hydrogen-bond donors (Lipinski definition) is 4. The monoisotopic (exact) mass is 252 g/mol. The Balaban J connectivity index is 1.98. The van der Waals surface area contributed by atoms with Crippen LogP contribution in [0, 0.1) is 0 Å². The second kappa shape index (κ2) is 3.02. The molecule has 3 aliphatic heterocycles. The van der Waals surface area contributed by atoms with Gasteiger partial charge in [-0.25, -0.2) is 9.59 Å². The molecule has 0 unspecified atom stereocenters. The zero-order chi connectivity index (χ0) is 13.2. The molecule has 8 nitrogen and oxygen atoms in total. The van der Waals surface area contributed by atoms with E-state index in [4.69, 9.17) is 0 Å². The minimum absolute atomic E-state index is 0.176. The quantitative estimate of drug-likeness (QED) is 0.459. The lowest BCUT2D eigenvalue weighted by Gasteiger charge is -2.56. The molecule has 3 heterocycles. The lowest BCUT2D eigenvalue weighted by molar-refractivity contribution is -0.141. The van der Waals surface area contributed by atoms with E-state index in [-0.39, 0.29) is 12.2 Å². The molecule has 0 bridgehead atoms. The molecule has 5 amide bonds. The molecule has 0 saturated carbocycles. The third-order valence-corrected chi connectivity index (χ3v) is 3.61. The second-order valence-electron chi connectivity index (χ2n) is 4.80. The first-order chi connectivity index (χ1) is 8.34. The first kappa shape index (κ1) is 11.0. The molecular weight excluding hydrogens is 240 g/mol. The highest BCUT2D eigenvalue weighted by atomic mass is 16.3. The van der Waals surface area contributed by atoms with Gasteiger partial charge < -0.3 is 15.7 Å². The van der Waals surface area contributed by atoms with Gasteiger partial charge in [0.25, 0.3) is 5.91 Å². The molecule has 3 aliphatic rings. The van der Waals surface area contributed by atoms with E-state index in [2.05, 4.69) is 10.6 Å². The lowest BCUT2D eigenvalue weighted by Crippen LogP contribution is -2.78. The summed E-state index contributed by atoms with van der Waals surface area (Å²) in [7, 11) is 0. The van der Waals surface area contributed by atoms with Gasteiger partial charge in [0.05, 0.1) is 5.70 Å². The molecule has 3 rings (SSSR count). The molecule has 0 aromatic rings. The van der Waals surface area contributed by atoms with Crippen molar-refractivity contribution < 1.29 is 19.5 Å². The van der Waals surface area contributed by atoms with Crippen LogP contribution < -0.4 is 16.0 Å². The zero-order valence-corrected chi connectivity index (χ0v) is 9.77. The number of imide groups is 1. The molecule has 3 atom stereocenters. The molecule has 2 saturated heterocycles. The van der Waals surface area contributed by atoms with Crippen LogP contribution in [-0.4, -0.2) is 45.8 Å². The van der Waals surface area contributed by atoms with E-state index in [0.29, 0.717) is 5.70 Å². The fourth-order valence-corrected chi connectivity index (χ4v) is 2.49. The normalized spacial score (nSPS) is 38.2. The summed E-state index contributed by atoms with van der Waals surface area (Å²) in [6.07, 6.45) is -0.176. The Morgan fingerprint density at radius 2 is 1.94 bits per heavy atom. The summed E-state index contributed by atoms with van der Waals surface area (Å²) >= 11 is 0. The summed E-state index contributed by atoms with van der Waals surface area (Å²) in [6, 6.07) is -1.89. The highest BCUT2D eigenvalue weighted by Gasteiger charge is 2.57. The van der Waals surface area contributed by atoms with Gasteiger partial charge in [-0.15, -0.1) is 0 Å². The molecule has 2 fully saturated rings. The Bertz CT molecular complexity index is 524. The van der Waals surface area contributed by atoms with E-state index in [9.17, 15) is 19.5 Å². The van der Waals surface area contributed by atoms with Gasteiger partial charge in [-0.2, -0.15) is 0 Å². The van der Waals surface area contributed by atoms with Crippen LogP contribution in [0.4, 0.5) is 9.59 Å². The van der Waals surface area contributed by atoms with Crippen molar-refractivity contribution in [2.24, 2.45) is 0 Å². The number of fused-ring (bicyclic) bond motifs is 1. The smallest absolute Gasteiger partial charge is 0.325 e. The van der Waals surface area contributed by atoms with Crippen molar-refractivity contribution in [1.29, 1.82) is 0 Å². The summed E-state index contributed by atoms with van der Waals surface area (Å²) in [4.78, 5) is 35.7. The predicted molar refractivity (Wildman–Crippen MR) is 57.9 cm³/mol. The van der Waals surface area contributed by atoms with Gasteiger partial charge in [-0.1, -0.05) is 0 Å². The summed E-state index contributed by atoms with van der Waals surface area (Å²) in [6.45, 7) is 3.09. The lowest BCUT2D eigenvalue weighted by atomic mass is 9.82. The number of carbonyl (C=O) groups is 3. The molecule has 4 N–H and O–H groups in total. The number of carbonyl (C=O) groups excluding carboxylic acids is 3. The van der Waals surface area contributed by atoms with Crippen molar-refractivity contribution in [1.82, 2.24) is 20.9 Å². The SMILES string of the molecule is CC1=C([C@@H]2NC(=O)NC(=O)[C@]2(C)O)N2C(=O)N[C@H]12. The number of amides is 5. The Morgan fingerprint density at radius 3 is 2.56 bits per heavy atom. The standard InChI is InChI=1S/C10H12N4O4/c1-3-4(14-6(3)12-9(14)17)5-10(2,18)7(15)13-8(16)11-5/h5-6,18H,1-2H3,(H,12,17)(H2,11,13,15,16)/t5-,6-,10+/m0/s1. The van der Waals surface area contributed by atoms with Crippen LogP contribution in [0.2, 0.25) is 0 Å². The van der Waals surface area contributed by atoms with Crippen LogP contribution in [0.5, 0.6) is 0 Å². The van der Waals surface area contributed by atoms with E-state index in [1.807, 2.05) is 5.32 Å². The van der Waals surface area contributed by atoms with Gasteiger partial charge in [0.1, 0.15) is 12.2 Å². The van der Waals surface area contributed by atoms with E-state index < -0.39 is 23.6 Å². The largest absolute Gasteiger partial charge is 0.378 e. The van der Waals surface area contributed by atoms with Crippen LogP contribution in [0.15, 0.2) is 11.3 Å². The van der Waals surface area contributed by atoms with Gasteiger partial charge in [0.15, 0.2) is 5.60 Å². The highest BCUT2D eigenvalue weighted by Crippen LogP contribution is 2.40. The van der Waals surface area contributed by atoms with E-state index in [1.54, 1.807) is 6.92 Å². The van der Waals surface area contributed by atoms with Crippen molar-refractivity contribution >= 4 is 18.0 Å². The van der Waals surface area contributed by atoms with Crippen molar-refractivity contribution in [3.8, 4) is 0 Å². The van der Waals surface area contributed by atoms with E-state index >= 15 is 0 Å². The number of urea groups is 2. The van der Waals surface area contributed by atoms with Crippen LogP contribution in [-0.2, 0) is 4.79 Å². The first-order valence-corrected chi connectivity index (χ1v) is 5.48. The zero-order valence-electron chi connectivity index (χ0n) is 9.77. The van der Waals surface area contributed by atoms with Gasteiger partial charge in [-0.05, 0) is 19.4 Å². The number of hydrogen-bond acceptors (Lipinski definition) is 4. The number of nitrogens with zero attached hydrogens (tertiary/aromatic N) is 1. The second-order valence-corrected chi connectivity index (χ2v) is 4.80. The maximum absolute atomic E-state index is 11.6. The van der Waals surface area contributed by atoms with Crippen LogP contribution in [0.1, 0.15) is 13.8 Å². The maximum Gasteiger partial charge on any atom is 0.325 e. The summed E-state index contributed by atoms with van der Waals surface area (Å²) < 4.78 is 0. The van der Waals surface area contributed by atoms with Gasteiger partial charge in [0, 0.05) is 0 Å². The van der Waals surface area contributed by atoms with Crippen LogP contribution in [0.3, 0.4) is 0 Å². The summed E-state index contributed by atoms with van der Waals surface area (Å²) in [5.74, 6) is -0.777. The Labute approximate surface area is 102 Å². The molecule has 18 heavy (non-hydrogen) atoms. The van der Waals surface area contributed by atoms with Crippen LogP contribution >= 0.6 is 0 Å². The average molecular weight is 252 g/mol. The number of aliphatic hydroxyl groups is 1. The average Bonchev–Trinajstić information content (AvgIpc) is 2.27. The summed E-state index contributed by atoms with van der Waals surface area (Å²) in [5, 5.41) is 17.3. The third kappa shape index (κ3) is 1.10. The Hall–Kier alpha value is -2.09. The Kier molecular flexibility index (Phi) is 1.85. The van der Waals surface area contributed by atoms with Crippen molar-refractivity contribution in [3.05, 3.63) is 11.3 Å². The molecule has 0 aromatic heterocycles. The number of rotatable bonds is 1. The summed E-state index contributed by atoms with van der Waals surface area (Å²) in [5.41, 5.74) is -0.474. The van der Waals surface area contributed by atoms with Gasteiger partial charge in [0.2, 0.25) is 0 Å². The molecule has 0 radical (unpaired) electrons. The molecular formula is C10H12N4O4. The fraction of sp³-hybridized carbons (Fsp3) is 0.500. The van der Waals surface area contributed by atoms with Crippen molar-refractivity contribution in [2.45, 2.75) is 31.7 Å². The van der Waals surface area contributed by atoms with E-state index in [0.717, 1.165) is 5.57 Å². The molecule has 0 aromatic carbocycles. The number of nitrogens with one attached hydrogen (secondary N) is 3. The topological polar surface area (TPSA) is 111 Å². The van der Waals surface area contributed by atoms with Gasteiger partial charge >= 0.3 is 12.1 Å². The minimum Gasteiger partial charge on any atom is -0.378 e. The van der Waals surface area contributed by atoms with Gasteiger partial charge in [-0.3, -0.25) is 15.0 Å².